The first-order chi connectivity index (χ1) is 14.7. The molecule has 0 unspecified atom stereocenters. The second-order valence-electron chi connectivity index (χ2n) is 7.12. The summed E-state index contributed by atoms with van der Waals surface area (Å²) in [5.41, 5.74) is 1.96. The molecule has 3 aromatic rings. The lowest BCUT2D eigenvalue weighted by Crippen LogP contribution is -2.47. The van der Waals surface area contributed by atoms with E-state index in [0.717, 1.165) is 48.8 Å². The lowest BCUT2D eigenvalue weighted by Gasteiger charge is -2.33. The van der Waals surface area contributed by atoms with Gasteiger partial charge in [0.15, 0.2) is 11.5 Å². The summed E-state index contributed by atoms with van der Waals surface area (Å²) in [7, 11) is 3.21. The van der Waals surface area contributed by atoms with Crippen LogP contribution < -0.4 is 9.47 Å². The molecule has 0 saturated carbocycles. The van der Waals surface area contributed by atoms with E-state index in [4.69, 9.17) is 14.5 Å². The lowest BCUT2D eigenvalue weighted by atomic mass is 10.2. The number of hydrogen-bond donors (Lipinski definition) is 0. The Hall–Kier alpha value is -2.90. The van der Waals surface area contributed by atoms with Crippen molar-refractivity contribution in [3.63, 3.8) is 0 Å². The topological polar surface area (TPSA) is 54.9 Å². The molecule has 2 aromatic carbocycles. The van der Waals surface area contributed by atoms with Gasteiger partial charge >= 0.3 is 0 Å². The number of para-hydroxylation sites is 1. The third-order valence-electron chi connectivity index (χ3n) is 5.21. The summed E-state index contributed by atoms with van der Waals surface area (Å²) in [6.45, 7) is 3.99. The number of ether oxygens (including phenoxy) is 2. The fourth-order valence-electron chi connectivity index (χ4n) is 3.53. The van der Waals surface area contributed by atoms with Crippen LogP contribution >= 0.6 is 11.3 Å². The molecule has 30 heavy (non-hydrogen) atoms. The zero-order valence-electron chi connectivity index (χ0n) is 17.2. The minimum absolute atomic E-state index is 0.0319. The van der Waals surface area contributed by atoms with Gasteiger partial charge in [0.05, 0.1) is 31.0 Å². The van der Waals surface area contributed by atoms with Crippen molar-refractivity contribution in [3.05, 3.63) is 59.1 Å². The number of piperazine rings is 1. The molecule has 1 aromatic heterocycles. The number of benzene rings is 2. The average Bonchev–Trinajstić information content (AvgIpc) is 3.20. The smallest absolute Gasteiger partial charge is 0.246 e. The number of nitrogens with zero attached hydrogens (tertiary/aromatic N) is 3. The third-order valence-corrected chi connectivity index (χ3v) is 6.23. The molecule has 0 N–H and O–H groups in total. The molecule has 1 amide bonds. The van der Waals surface area contributed by atoms with Crippen molar-refractivity contribution in [1.29, 1.82) is 0 Å². The lowest BCUT2D eigenvalue weighted by molar-refractivity contribution is -0.127. The molecule has 0 radical (unpaired) electrons. The molecule has 6 nitrogen and oxygen atoms in total. The Bertz CT molecular complexity index is 1020. The van der Waals surface area contributed by atoms with Crippen molar-refractivity contribution in [2.75, 3.05) is 40.4 Å². The number of amides is 1. The van der Waals surface area contributed by atoms with Gasteiger partial charge in [-0.15, -0.1) is 11.3 Å². The minimum Gasteiger partial charge on any atom is -0.493 e. The van der Waals surface area contributed by atoms with Crippen molar-refractivity contribution >= 4 is 33.5 Å². The zero-order valence-corrected chi connectivity index (χ0v) is 18.0. The molecule has 0 bridgehead atoms. The first kappa shape index (κ1) is 20.4. The van der Waals surface area contributed by atoms with E-state index in [9.17, 15) is 4.79 Å². The highest BCUT2D eigenvalue weighted by molar-refractivity contribution is 7.18. The van der Waals surface area contributed by atoms with Crippen LogP contribution in [0.3, 0.4) is 0 Å². The summed E-state index contributed by atoms with van der Waals surface area (Å²) in [5, 5.41) is 1.13. The number of hydrogen-bond acceptors (Lipinski definition) is 6. The quantitative estimate of drug-likeness (QED) is 0.566. The maximum atomic E-state index is 12.6. The van der Waals surface area contributed by atoms with Gasteiger partial charge in [-0.1, -0.05) is 18.2 Å². The SMILES string of the molecule is COc1ccc(/C=C/C(=O)N2CCN(Cc3nc4ccccc4s3)CC2)cc1OC. The molecule has 1 fully saturated rings. The highest BCUT2D eigenvalue weighted by atomic mass is 32.1. The molecule has 0 atom stereocenters. The predicted octanol–water partition coefficient (Wildman–Crippen LogP) is 3.67. The molecule has 7 heteroatoms. The summed E-state index contributed by atoms with van der Waals surface area (Å²) in [5.74, 6) is 1.35. The van der Waals surface area contributed by atoms with Crippen LogP contribution in [0.15, 0.2) is 48.5 Å². The molecular formula is C23H25N3O3S. The Morgan fingerprint density at radius 2 is 1.83 bits per heavy atom. The Labute approximate surface area is 180 Å². The van der Waals surface area contributed by atoms with Gasteiger partial charge in [0.1, 0.15) is 5.01 Å². The molecule has 1 aliphatic rings. The van der Waals surface area contributed by atoms with Crippen molar-refractivity contribution in [3.8, 4) is 11.5 Å². The van der Waals surface area contributed by atoms with E-state index in [-0.39, 0.29) is 5.91 Å². The molecule has 2 heterocycles. The maximum absolute atomic E-state index is 12.6. The number of methoxy groups -OCH3 is 2. The third kappa shape index (κ3) is 4.63. The number of carbonyl (C=O) groups is 1. The second-order valence-corrected chi connectivity index (χ2v) is 8.24. The van der Waals surface area contributed by atoms with Gasteiger partial charge in [-0.3, -0.25) is 9.69 Å². The van der Waals surface area contributed by atoms with Gasteiger partial charge in [-0.25, -0.2) is 4.98 Å². The second kappa shape index (κ2) is 9.28. The standard InChI is InChI=1S/C23H25N3O3S/c1-28-19-9-7-17(15-20(19)29-2)8-10-23(27)26-13-11-25(12-14-26)16-22-24-18-5-3-4-6-21(18)30-22/h3-10,15H,11-14,16H2,1-2H3/b10-8+. The van der Waals surface area contributed by atoms with E-state index in [1.807, 2.05) is 41.3 Å². The number of rotatable bonds is 6. The first-order valence-electron chi connectivity index (χ1n) is 9.92. The average molecular weight is 424 g/mol. The number of carbonyl (C=O) groups excluding carboxylic acids is 1. The van der Waals surface area contributed by atoms with Crippen LogP contribution in [0.1, 0.15) is 10.6 Å². The summed E-state index contributed by atoms with van der Waals surface area (Å²) < 4.78 is 11.8. The summed E-state index contributed by atoms with van der Waals surface area (Å²) in [6.07, 6.45) is 3.45. The van der Waals surface area contributed by atoms with Crippen molar-refractivity contribution in [2.24, 2.45) is 0 Å². The number of aromatic nitrogens is 1. The van der Waals surface area contributed by atoms with Crippen molar-refractivity contribution in [1.82, 2.24) is 14.8 Å². The fourth-order valence-corrected chi connectivity index (χ4v) is 4.54. The van der Waals surface area contributed by atoms with Crippen LogP contribution in [-0.4, -0.2) is 61.1 Å². The monoisotopic (exact) mass is 423 g/mol. The van der Waals surface area contributed by atoms with Crippen LogP contribution in [0.2, 0.25) is 0 Å². The molecule has 0 aliphatic carbocycles. The fraction of sp³-hybridized carbons (Fsp3) is 0.304. The van der Waals surface area contributed by atoms with Crippen molar-refractivity contribution < 1.29 is 14.3 Å². The molecule has 156 valence electrons. The van der Waals surface area contributed by atoms with E-state index in [1.54, 1.807) is 31.6 Å². The highest BCUT2D eigenvalue weighted by Crippen LogP contribution is 2.28. The van der Waals surface area contributed by atoms with Crippen LogP contribution in [0.4, 0.5) is 0 Å². The van der Waals surface area contributed by atoms with E-state index < -0.39 is 0 Å². The van der Waals surface area contributed by atoms with Crippen LogP contribution in [0.5, 0.6) is 11.5 Å². The predicted molar refractivity (Wildman–Crippen MR) is 120 cm³/mol. The normalized spacial score (nSPS) is 15.1. The number of thiazole rings is 1. The largest absolute Gasteiger partial charge is 0.493 e. The van der Waals surface area contributed by atoms with Crippen LogP contribution in [0, 0.1) is 0 Å². The van der Waals surface area contributed by atoms with Gasteiger partial charge in [-0.05, 0) is 35.9 Å². The summed E-state index contributed by atoms with van der Waals surface area (Å²) >= 11 is 1.75. The van der Waals surface area contributed by atoms with E-state index >= 15 is 0 Å². The Balaban J connectivity index is 1.31. The first-order valence-corrected chi connectivity index (χ1v) is 10.7. The molecule has 1 saturated heterocycles. The van der Waals surface area contributed by atoms with Crippen LogP contribution in [0.25, 0.3) is 16.3 Å². The van der Waals surface area contributed by atoms with Gasteiger partial charge in [-0.2, -0.15) is 0 Å². The van der Waals surface area contributed by atoms with Crippen LogP contribution in [-0.2, 0) is 11.3 Å². The maximum Gasteiger partial charge on any atom is 0.246 e. The minimum atomic E-state index is 0.0319. The Morgan fingerprint density at radius 1 is 1.07 bits per heavy atom. The zero-order chi connectivity index (χ0) is 20.9. The molecule has 4 rings (SSSR count). The number of fused-ring (bicyclic) bond motifs is 1. The summed E-state index contributed by atoms with van der Waals surface area (Å²) in [6, 6.07) is 13.8. The van der Waals surface area contributed by atoms with E-state index in [1.165, 1.54) is 4.70 Å². The highest BCUT2D eigenvalue weighted by Gasteiger charge is 2.20. The van der Waals surface area contributed by atoms with Gasteiger partial charge in [0.2, 0.25) is 5.91 Å². The molecular weight excluding hydrogens is 398 g/mol. The van der Waals surface area contributed by atoms with Gasteiger partial charge in [0.25, 0.3) is 0 Å². The molecule has 1 aliphatic heterocycles. The Kier molecular flexibility index (Phi) is 6.30. The van der Waals surface area contributed by atoms with E-state index in [2.05, 4.69) is 17.0 Å². The summed E-state index contributed by atoms with van der Waals surface area (Å²) in [4.78, 5) is 21.6. The van der Waals surface area contributed by atoms with Crippen molar-refractivity contribution in [2.45, 2.75) is 6.54 Å². The molecule has 0 spiro atoms. The van der Waals surface area contributed by atoms with Gasteiger partial charge < -0.3 is 14.4 Å². The Morgan fingerprint density at radius 3 is 2.57 bits per heavy atom. The van der Waals surface area contributed by atoms with E-state index in [0.29, 0.717) is 11.5 Å². The van der Waals surface area contributed by atoms with Gasteiger partial charge in [0, 0.05) is 32.3 Å².